The molecule has 2 aromatic carbocycles. The van der Waals surface area contributed by atoms with Gasteiger partial charge in [-0.2, -0.15) is 0 Å². The van der Waals surface area contributed by atoms with Crippen LogP contribution in [0.15, 0.2) is 60.7 Å². The normalized spacial score (nSPS) is 16.5. The number of rotatable bonds is 9. The summed E-state index contributed by atoms with van der Waals surface area (Å²) in [6.07, 6.45) is 3.98. The molecule has 1 fully saturated rings. The summed E-state index contributed by atoms with van der Waals surface area (Å²) in [5.74, 6) is -1.14. The van der Waals surface area contributed by atoms with Crippen molar-refractivity contribution in [2.75, 3.05) is 13.2 Å². The molecule has 0 radical (unpaired) electrons. The van der Waals surface area contributed by atoms with Crippen molar-refractivity contribution in [1.29, 1.82) is 0 Å². The highest BCUT2D eigenvalue weighted by molar-refractivity contribution is 5.88. The fourth-order valence-corrected chi connectivity index (χ4v) is 4.61. The molecule has 1 unspecified atom stereocenters. The van der Waals surface area contributed by atoms with Crippen LogP contribution in [0, 0.1) is 5.92 Å². The van der Waals surface area contributed by atoms with E-state index in [0.717, 1.165) is 35.1 Å². The number of carbonyl (C=O) groups excluding carboxylic acids is 2. The lowest BCUT2D eigenvalue weighted by molar-refractivity contribution is -0.139. The molecule has 2 aliphatic carbocycles. The maximum atomic E-state index is 12.2. The first-order valence-electron chi connectivity index (χ1n) is 11.2. The predicted octanol–water partition coefficient (Wildman–Crippen LogP) is 3.84. The molecule has 2 aliphatic rings. The summed E-state index contributed by atoms with van der Waals surface area (Å²) >= 11 is 0. The zero-order valence-electron chi connectivity index (χ0n) is 18.5. The van der Waals surface area contributed by atoms with Crippen LogP contribution in [0.2, 0.25) is 0 Å². The third kappa shape index (κ3) is 5.25. The molecule has 172 valence electrons. The number of fused-ring (bicyclic) bond motifs is 3. The summed E-state index contributed by atoms with van der Waals surface area (Å²) in [7, 11) is 0. The van der Waals surface area contributed by atoms with Gasteiger partial charge in [-0.15, -0.1) is 0 Å². The van der Waals surface area contributed by atoms with Gasteiger partial charge >= 0.3 is 12.1 Å². The summed E-state index contributed by atoms with van der Waals surface area (Å²) in [6, 6.07) is 16.2. The van der Waals surface area contributed by atoms with E-state index < -0.39 is 17.6 Å². The topological polar surface area (TPSA) is 105 Å². The Morgan fingerprint density at radius 3 is 2.24 bits per heavy atom. The Kier molecular flexibility index (Phi) is 6.49. The second-order valence-electron chi connectivity index (χ2n) is 8.86. The molecular formula is C26H28N2O5. The minimum atomic E-state index is -0.939. The van der Waals surface area contributed by atoms with E-state index >= 15 is 0 Å². The Labute approximate surface area is 192 Å². The van der Waals surface area contributed by atoms with Crippen molar-refractivity contribution in [2.24, 2.45) is 5.92 Å². The number of ether oxygens (including phenoxy) is 1. The predicted molar refractivity (Wildman–Crippen MR) is 124 cm³/mol. The first kappa shape index (κ1) is 22.6. The number of hydrogen-bond acceptors (Lipinski definition) is 4. The van der Waals surface area contributed by atoms with Crippen molar-refractivity contribution in [3.63, 3.8) is 0 Å². The van der Waals surface area contributed by atoms with Gasteiger partial charge in [-0.1, -0.05) is 54.6 Å². The Hall–Kier alpha value is -3.61. The van der Waals surface area contributed by atoms with Crippen molar-refractivity contribution in [1.82, 2.24) is 10.6 Å². The van der Waals surface area contributed by atoms with Crippen molar-refractivity contribution in [2.45, 2.75) is 37.6 Å². The van der Waals surface area contributed by atoms with Crippen LogP contribution >= 0.6 is 0 Å². The molecular weight excluding hydrogens is 420 g/mol. The molecule has 2 aromatic rings. The summed E-state index contributed by atoms with van der Waals surface area (Å²) in [4.78, 5) is 35.5. The van der Waals surface area contributed by atoms with Crippen molar-refractivity contribution >= 4 is 18.0 Å². The van der Waals surface area contributed by atoms with Crippen LogP contribution in [0.5, 0.6) is 0 Å². The van der Waals surface area contributed by atoms with E-state index in [-0.39, 0.29) is 37.3 Å². The summed E-state index contributed by atoms with van der Waals surface area (Å²) in [5.41, 5.74) is 3.86. The van der Waals surface area contributed by atoms with E-state index in [0.29, 0.717) is 0 Å². The maximum absolute atomic E-state index is 12.2. The molecule has 0 aromatic heterocycles. The molecule has 0 saturated heterocycles. The number of carbonyl (C=O) groups is 3. The lowest BCUT2D eigenvalue weighted by Crippen LogP contribution is -2.48. The quantitative estimate of drug-likeness (QED) is 0.506. The van der Waals surface area contributed by atoms with Gasteiger partial charge in [-0.3, -0.25) is 9.59 Å². The van der Waals surface area contributed by atoms with Gasteiger partial charge in [0.05, 0.1) is 12.0 Å². The summed E-state index contributed by atoms with van der Waals surface area (Å²) in [6.45, 7) is 2.11. The fraction of sp³-hybridized carbons (Fsp3) is 0.346. The van der Waals surface area contributed by atoms with Gasteiger partial charge in [-0.05, 0) is 47.9 Å². The van der Waals surface area contributed by atoms with E-state index in [4.69, 9.17) is 9.84 Å². The molecule has 33 heavy (non-hydrogen) atoms. The number of aliphatic carboxylic acids is 1. The van der Waals surface area contributed by atoms with Crippen LogP contribution in [-0.4, -0.2) is 41.8 Å². The van der Waals surface area contributed by atoms with E-state index in [1.54, 1.807) is 6.92 Å². The lowest BCUT2D eigenvalue weighted by atomic mass is 9.91. The zero-order valence-corrected chi connectivity index (χ0v) is 18.5. The maximum Gasteiger partial charge on any atom is 0.407 e. The Morgan fingerprint density at radius 1 is 1.06 bits per heavy atom. The first-order chi connectivity index (χ1) is 15.9. The standard InChI is InChI=1S/C26H28N2O5/c1-26(15-24(30)31,17-12-13-17)28-23(29)11-6-14-27-25(32)33-16-22-20-9-4-2-7-18(20)19-8-3-5-10-21(19)22/h2-11,17,22H,12-16H2,1H3,(H,27,32)(H,28,29)(H,30,31)/b11-6+. The third-order valence-electron chi connectivity index (χ3n) is 6.38. The highest BCUT2D eigenvalue weighted by Crippen LogP contribution is 2.44. The average molecular weight is 449 g/mol. The number of hydrogen-bond donors (Lipinski definition) is 3. The molecule has 0 heterocycles. The molecule has 7 heteroatoms. The SMILES string of the molecule is CC(CC(=O)O)(NC(=O)/C=C/CNC(=O)OCC1c2ccccc2-c2ccccc21)C1CC1. The molecule has 0 bridgehead atoms. The fourth-order valence-electron chi connectivity index (χ4n) is 4.61. The largest absolute Gasteiger partial charge is 0.481 e. The van der Waals surface area contributed by atoms with Gasteiger partial charge in [-0.25, -0.2) is 4.79 Å². The Bertz CT molecular complexity index is 1050. The molecule has 3 N–H and O–H groups in total. The van der Waals surface area contributed by atoms with Crippen molar-refractivity contribution < 1.29 is 24.2 Å². The number of amides is 2. The molecule has 4 rings (SSSR count). The van der Waals surface area contributed by atoms with Crippen LogP contribution in [-0.2, 0) is 14.3 Å². The summed E-state index contributed by atoms with van der Waals surface area (Å²) in [5, 5.41) is 14.5. The van der Waals surface area contributed by atoms with Crippen molar-refractivity contribution in [3.8, 4) is 11.1 Å². The van der Waals surface area contributed by atoms with Gasteiger partial charge < -0.3 is 20.5 Å². The number of nitrogens with one attached hydrogen (secondary N) is 2. The Balaban J connectivity index is 1.25. The monoisotopic (exact) mass is 448 g/mol. The number of carboxylic acids is 1. The van der Waals surface area contributed by atoms with Gasteiger partial charge in [0.15, 0.2) is 0 Å². The van der Waals surface area contributed by atoms with E-state index in [2.05, 4.69) is 34.9 Å². The second kappa shape index (κ2) is 9.48. The van der Waals surface area contributed by atoms with E-state index in [1.165, 1.54) is 12.2 Å². The lowest BCUT2D eigenvalue weighted by Gasteiger charge is -2.28. The molecule has 1 atom stereocenters. The minimum Gasteiger partial charge on any atom is -0.481 e. The van der Waals surface area contributed by atoms with Gasteiger partial charge in [0.2, 0.25) is 5.91 Å². The number of carboxylic acid groups (broad SMARTS) is 1. The minimum absolute atomic E-state index is 0.0150. The van der Waals surface area contributed by atoms with Gasteiger partial charge in [0, 0.05) is 18.5 Å². The number of benzene rings is 2. The number of alkyl carbamates (subject to hydrolysis) is 1. The van der Waals surface area contributed by atoms with Crippen molar-refractivity contribution in [3.05, 3.63) is 71.8 Å². The van der Waals surface area contributed by atoms with Crippen LogP contribution in [0.1, 0.15) is 43.2 Å². The molecule has 1 saturated carbocycles. The second-order valence-corrected chi connectivity index (χ2v) is 8.86. The molecule has 0 spiro atoms. The van der Waals surface area contributed by atoms with Crippen LogP contribution in [0.3, 0.4) is 0 Å². The average Bonchev–Trinajstić information content (AvgIpc) is 3.59. The van der Waals surface area contributed by atoms with Gasteiger partial charge in [0.25, 0.3) is 0 Å². The molecule has 0 aliphatic heterocycles. The highest BCUT2D eigenvalue weighted by Gasteiger charge is 2.43. The first-order valence-corrected chi connectivity index (χ1v) is 11.2. The third-order valence-corrected chi connectivity index (χ3v) is 6.38. The zero-order chi connectivity index (χ0) is 23.4. The van der Waals surface area contributed by atoms with E-state index in [9.17, 15) is 14.4 Å². The van der Waals surface area contributed by atoms with Gasteiger partial charge in [0.1, 0.15) is 6.61 Å². The highest BCUT2D eigenvalue weighted by atomic mass is 16.5. The van der Waals surface area contributed by atoms with E-state index in [1.807, 2.05) is 24.3 Å². The van der Waals surface area contributed by atoms with Crippen LogP contribution in [0.25, 0.3) is 11.1 Å². The smallest absolute Gasteiger partial charge is 0.407 e. The molecule has 2 amide bonds. The van der Waals surface area contributed by atoms with Crippen LogP contribution in [0.4, 0.5) is 4.79 Å². The molecule has 7 nitrogen and oxygen atoms in total. The Morgan fingerprint density at radius 2 is 1.67 bits per heavy atom. The summed E-state index contributed by atoms with van der Waals surface area (Å²) < 4.78 is 5.46. The van der Waals surface area contributed by atoms with Crippen LogP contribution < -0.4 is 10.6 Å².